The van der Waals surface area contributed by atoms with Gasteiger partial charge in [-0.05, 0) is 55.3 Å². The highest BCUT2D eigenvalue weighted by molar-refractivity contribution is 6.36. The highest BCUT2D eigenvalue weighted by Gasteiger charge is 2.17. The van der Waals surface area contributed by atoms with E-state index in [0.717, 1.165) is 47.7 Å². The van der Waals surface area contributed by atoms with Gasteiger partial charge >= 0.3 is 0 Å². The monoisotopic (exact) mass is 618 g/mol. The van der Waals surface area contributed by atoms with Crippen molar-refractivity contribution in [1.29, 1.82) is 0 Å². The minimum Gasteiger partial charge on any atom is -0.493 e. The standard InChI is InChI=1S/C35H49Cl3N2O/c1-3-5-7-9-11-13-15-17-23-40-34(27-33(39-40)30-21-19-28(36)25-32(30)38)31-22-20-29(37)26-35(31)41-24-18-16-14-12-10-8-6-4-2/h19-22,25-27H,3-18,23-24H2,1-2H3. The Morgan fingerprint density at radius 1 is 0.610 bits per heavy atom. The third kappa shape index (κ3) is 11.8. The fourth-order valence-corrected chi connectivity index (χ4v) is 5.94. The molecule has 0 unspecified atom stereocenters. The van der Waals surface area contributed by atoms with Crippen molar-refractivity contribution in [3.8, 4) is 28.3 Å². The summed E-state index contributed by atoms with van der Waals surface area (Å²) in [5.74, 6) is 0.811. The maximum atomic E-state index is 6.59. The van der Waals surface area contributed by atoms with E-state index in [1.807, 2.05) is 24.3 Å². The van der Waals surface area contributed by atoms with Crippen molar-refractivity contribution in [1.82, 2.24) is 9.78 Å². The van der Waals surface area contributed by atoms with Crippen LogP contribution in [0.15, 0.2) is 42.5 Å². The summed E-state index contributed by atoms with van der Waals surface area (Å²) < 4.78 is 8.46. The lowest BCUT2D eigenvalue weighted by Gasteiger charge is -2.14. The van der Waals surface area contributed by atoms with Crippen LogP contribution in [0.1, 0.15) is 117 Å². The van der Waals surface area contributed by atoms with Gasteiger partial charge < -0.3 is 4.74 Å². The van der Waals surface area contributed by atoms with Crippen molar-refractivity contribution in [3.05, 3.63) is 57.5 Å². The molecular formula is C35H49Cl3N2O. The van der Waals surface area contributed by atoms with Gasteiger partial charge in [0.2, 0.25) is 0 Å². The van der Waals surface area contributed by atoms with Gasteiger partial charge in [0.15, 0.2) is 0 Å². The molecular weight excluding hydrogens is 571 g/mol. The molecule has 0 aliphatic rings. The normalized spacial score (nSPS) is 11.3. The van der Waals surface area contributed by atoms with Crippen LogP contribution < -0.4 is 4.74 Å². The molecule has 1 heterocycles. The molecule has 6 heteroatoms. The number of rotatable bonds is 21. The average molecular weight is 620 g/mol. The highest BCUT2D eigenvalue weighted by atomic mass is 35.5. The van der Waals surface area contributed by atoms with E-state index < -0.39 is 0 Å². The van der Waals surface area contributed by atoms with Crippen molar-refractivity contribution in [2.24, 2.45) is 0 Å². The summed E-state index contributed by atoms with van der Waals surface area (Å²) in [7, 11) is 0. The molecule has 0 radical (unpaired) electrons. The summed E-state index contributed by atoms with van der Waals surface area (Å²) >= 11 is 19.2. The molecule has 0 aliphatic carbocycles. The molecule has 0 fully saturated rings. The van der Waals surface area contributed by atoms with E-state index >= 15 is 0 Å². The molecule has 0 amide bonds. The van der Waals surface area contributed by atoms with Crippen LogP contribution in [-0.2, 0) is 6.54 Å². The largest absolute Gasteiger partial charge is 0.493 e. The molecule has 0 aliphatic heterocycles. The van der Waals surface area contributed by atoms with Crippen LogP contribution in [0.5, 0.6) is 5.75 Å². The van der Waals surface area contributed by atoms with Gasteiger partial charge in [-0.15, -0.1) is 0 Å². The van der Waals surface area contributed by atoms with Crippen LogP contribution >= 0.6 is 34.8 Å². The molecule has 2 aromatic carbocycles. The number of halogens is 3. The van der Waals surface area contributed by atoms with Crippen LogP contribution in [0.25, 0.3) is 22.5 Å². The van der Waals surface area contributed by atoms with E-state index in [9.17, 15) is 0 Å². The van der Waals surface area contributed by atoms with E-state index in [1.165, 1.54) is 89.9 Å². The van der Waals surface area contributed by atoms with Crippen LogP contribution in [0.3, 0.4) is 0 Å². The van der Waals surface area contributed by atoms with Gasteiger partial charge in [0.05, 0.1) is 23.0 Å². The van der Waals surface area contributed by atoms with Crippen LogP contribution in [0.4, 0.5) is 0 Å². The van der Waals surface area contributed by atoms with Gasteiger partial charge in [0, 0.05) is 27.7 Å². The number of aryl methyl sites for hydroxylation is 1. The third-order valence-corrected chi connectivity index (χ3v) is 8.47. The second-order valence-electron chi connectivity index (χ2n) is 11.2. The molecule has 226 valence electrons. The first kappa shape index (κ1) is 33.8. The lowest BCUT2D eigenvalue weighted by Crippen LogP contribution is -2.05. The second kappa shape index (κ2) is 19.5. The third-order valence-electron chi connectivity index (χ3n) is 7.69. The fourth-order valence-electron chi connectivity index (χ4n) is 5.27. The van der Waals surface area contributed by atoms with E-state index in [0.29, 0.717) is 21.7 Å². The zero-order valence-corrected chi connectivity index (χ0v) is 27.5. The highest BCUT2D eigenvalue weighted by Crippen LogP contribution is 2.37. The Balaban J connectivity index is 1.71. The van der Waals surface area contributed by atoms with Gasteiger partial charge in [0.25, 0.3) is 0 Å². The predicted molar refractivity (Wildman–Crippen MR) is 179 cm³/mol. The maximum absolute atomic E-state index is 6.59. The molecule has 0 saturated heterocycles. The second-order valence-corrected chi connectivity index (χ2v) is 12.5. The number of aromatic nitrogens is 2. The lowest BCUT2D eigenvalue weighted by atomic mass is 10.1. The summed E-state index contributed by atoms with van der Waals surface area (Å²) in [4.78, 5) is 0. The Bertz CT molecular complexity index is 1160. The SMILES string of the molecule is CCCCCCCCCCOc1cc(Cl)ccc1-c1cc(-c2ccc(Cl)cc2Cl)nn1CCCCCCCCCC. The number of nitrogens with zero attached hydrogens (tertiary/aromatic N) is 2. The number of hydrogen-bond acceptors (Lipinski definition) is 2. The van der Waals surface area contributed by atoms with Crippen molar-refractivity contribution >= 4 is 34.8 Å². The Morgan fingerprint density at radius 3 is 1.76 bits per heavy atom. The van der Waals surface area contributed by atoms with E-state index in [-0.39, 0.29) is 0 Å². The quantitative estimate of drug-likeness (QED) is 0.111. The molecule has 1 aromatic heterocycles. The van der Waals surface area contributed by atoms with Crippen LogP contribution in [-0.4, -0.2) is 16.4 Å². The van der Waals surface area contributed by atoms with Crippen molar-refractivity contribution in [2.75, 3.05) is 6.61 Å². The summed E-state index contributed by atoms with van der Waals surface area (Å²) in [6, 6.07) is 13.6. The minimum absolute atomic E-state index is 0.600. The Morgan fingerprint density at radius 2 is 1.15 bits per heavy atom. The maximum Gasteiger partial charge on any atom is 0.130 e. The zero-order valence-electron chi connectivity index (χ0n) is 25.2. The summed E-state index contributed by atoms with van der Waals surface area (Å²) in [5.41, 5.74) is 3.75. The van der Waals surface area contributed by atoms with Crippen molar-refractivity contribution < 1.29 is 4.74 Å². The number of hydrogen-bond donors (Lipinski definition) is 0. The Kier molecular flexibility index (Phi) is 16.1. The number of benzene rings is 2. The van der Waals surface area contributed by atoms with E-state index in [2.05, 4.69) is 30.7 Å². The Hall–Kier alpha value is -1.68. The first-order chi connectivity index (χ1) is 20.0. The molecule has 0 atom stereocenters. The fraction of sp³-hybridized carbons (Fsp3) is 0.571. The summed E-state index contributed by atoms with van der Waals surface area (Å²) in [5, 5.41) is 6.91. The molecule has 3 aromatic rings. The first-order valence-electron chi connectivity index (χ1n) is 16.0. The van der Waals surface area contributed by atoms with Gasteiger partial charge in [0.1, 0.15) is 5.75 Å². The molecule has 0 spiro atoms. The van der Waals surface area contributed by atoms with E-state index in [1.54, 1.807) is 6.07 Å². The average Bonchev–Trinajstić information content (AvgIpc) is 3.37. The van der Waals surface area contributed by atoms with Crippen LogP contribution in [0.2, 0.25) is 15.1 Å². The van der Waals surface area contributed by atoms with Gasteiger partial charge in [-0.3, -0.25) is 4.68 Å². The number of ether oxygens (including phenoxy) is 1. The van der Waals surface area contributed by atoms with Crippen LogP contribution in [0, 0.1) is 0 Å². The predicted octanol–water partition coefficient (Wildman–Crippen LogP) is 12.8. The van der Waals surface area contributed by atoms with Gasteiger partial charge in [-0.1, -0.05) is 139 Å². The van der Waals surface area contributed by atoms with Crippen molar-refractivity contribution in [3.63, 3.8) is 0 Å². The molecule has 41 heavy (non-hydrogen) atoms. The minimum atomic E-state index is 0.600. The van der Waals surface area contributed by atoms with E-state index in [4.69, 9.17) is 44.6 Å². The molecule has 0 bridgehead atoms. The van der Waals surface area contributed by atoms with Gasteiger partial charge in [-0.2, -0.15) is 5.10 Å². The molecule has 0 N–H and O–H groups in total. The summed E-state index contributed by atoms with van der Waals surface area (Å²) in [6.45, 7) is 6.05. The molecule has 3 nitrogen and oxygen atoms in total. The zero-order chi connectivity index (χ0) is 29.3. The molecule has 0 saturated carbocycles. The lowest BCUT2D eigenvalue weighted by molar-refractivity contribution is 0.305. The number of unbranched alkanes of at least 4 members (excludes halogenated alkanes) is 14. The topological polar surface area (TPSA) is 27.1 Å². The van der Waals surface area contributed by atoms with Gasteiger partial charge in [-0.25, -0.2) is 0 Å². The summed E-state index contributed by atoms with van der Waals surface area (Å²) in [6.07, 6.45) is 20.3. The Labute approximate surface area is 263 Å². The molecule has 3 rings (SSSR count). The smallest absolute Gasteiger partial charge is 0.130 e. The first-order valence-corrected chi connectivity index (χ1v) is 17.1. The van der Waals surface area contributed by atoms with Crippen molar-refractivity contribution in [2.45, 2.75) is 123 Å².